The summed E-state index contributed by atoms with van der Waals surface area (Å²) in [5, 5.41) is 10.4. The van der Waals surface area contributed by atoms with E-state index in [-0.39, 0.29) is 11.3 Å². The Morgan fingerprint density at radius 3 is 2.56 bits per heavy atom. The Bertz CT molecular complexity index is 570. The first kappa shape index (κ1) is 13.1. The Balaban J connectivity index is 2.53. The maximum atomic E-state index is 13.7. The van der Waals surface area contributed by atoms with Crippen LogP contribution in [0.15, 0.2) is 41.0 Å². The molecule has 94 valence electrons. The lowest BCUT2D eigenvalue weighted by molar-refractivity contribution is 0.0930. The van der Waals surface area contributed by atoms with Crippen LogP contribution in [-0.2, 0) is 5.60 Å². The van der Waals surface area contributed by atoms with Crippen LogP contribution in [0.5, 0.6) is 0 Å². The van der Waals surface area contributed by atoms with Crippen LogP contribution in [0.1, 0.15) is 18.2 Å². The van der Waals surface area contributed by atoms with Crippen molar-refractivity contribution in [1.82, 2.24) is 4.98 Å². The average molecular weight is 314 g/mol. The lowest BCUT2D eigenvalue weighted by atomic mass is 9.91. The third kappa shape index (κ3) is 2.42. The normalized spacial score (nSPS) is 14.3. The van der Waals surface area contributed by atoms with Crippen molar-refractivity contribution in [3.05, 3.63) is 63.9 Å². The van der Waals surface area contributed by atoms with Gasteiger partial charge in [0.25, 0.3) is 0 Å². The molecule has 0 amide bonds. The van der Waals surface area contributed by atoms with Crippen LogP contribution in [0, 0.1) is 11.6 Å². The van der Waals surface area contributed by atoms with Gasteiger partial charge in [-0.15, -0.1) is 0 Å². The first-order valence-corrected chi connectivity index (χ1v) is 6.00. The summed E-state index contributed by atoms with van der Waals surface area (Å²) in [7, 11) is 0. The monoisotopic (exact) mass is 313 g/mol. The molecule has 1 aromatic carbocycles. The fourth-order valence-electron chi connectivity index (χ4n) is 1.67. The van der Waals surface area contributed by atoms with Gasteiger partial charge in [-0.05, 0) is 37.3 Å². The number of pyridine rings is 1. The molecule has 0 saturated heterocycles. The molecular formula is C13H10BrF2NO. The van der Waals surface area contributed by atoms with Gasteiger partial charge in [0, 0.05) is 10.0 Å². The Labute approximate surface area is 111 Å². The summed E-state index contributed by atoms with van der Waals surface area (Å²) in [6.45, 7) is 1.41. The van der Waals surface area contributed by atoms with E-state index in [1.165, 1.54) is 37.3 Å². The molecule has 0 aliphatic heterocycles. The zero-order valence-corrected chi connectivity index (χ0v) is 11.1. The molecule has 0 aliphatic carbocycles. The standard InChI is InChI=1S/C13H10BrF2NO/c1-13(18,12-5-3-9(15)7-17-12)10-6-8(14)2-4-11(10)16/h2-7,18H,1H3. The van der Waals surface area contributed by atoms with Crippen molar-refractivity contribution in [2.75, 3.05) is 0 Å². The zero-order chi connectivity index (χ0) is 13.3. The molecule has 2 aromatic rings. The number of halogens is 3. The van der Waals surface area contributed by atoms with E-state index in [1.54, 1.807) is 0 Å². The van der Waals surface area contributed by atoms with Crippen LogP contribution in [0.4, 0.5) is 8.78 Å². The van der Waals surface area contributed by atoms with Crippen LogP contribution >= 0.6 is 15.9 Å². The quantitative estimate of drug-likeness (QED) is 0.922. The Morgan fingerprint density at radius 1 is 1.22 bits per heavy atom. The summed E-state index contributed by atoms with van der Waals surface area (Å²) >= 11 is 3.21. The highest BCUT2D eigenvalue weighted by atomic mass is 79.9. The summed E-state index contributed by atoms with van der Waals surface area (Å²) in [4.78, 5) is 3.79. The van der Waals surface area contributed by atoms with Crippen molar-refractivity contribution in [2.45, 2.75) is 12.5 Å². The molecule has 1 unspecified atom stereocenters. The first-order chi connectivity index (χ1) is 8.41. The SMILES string of the molecule is CC(O)(c1ccc(F)cn1)c1cc(Br)ccc1F. The molecule has 1 heterocycles. The molecule has 1 atom stereocenters. The lowest BCUT2D eigenvalue weighted by Gasteiger charge is -2.24. The maximum Gasteiger partial charge on any atom is 0.141 e. The van der Waals surface area contributed by atoms with Gasteiger partial charge < -0.3 is 5.11 Å². The van der Waals surface area contributed by atoms with Crippen LogP contribution in [-0.4, -0.2) is 10.1 Å². The van der Waals surface area contributed by atoms with Gasteiger partial charge in [-0.25, -0.2) is 8.78 Å². The largest absolute Gasteiger partial charge is 0.379 e. The maximum absolute atomic E-state index is 13.7. The second kappa shape index (κ2) is 4.74. The topological polar surface area (TPSA) is 33.1 Å². The van der Waals surface area contributed by atoms with Crippen LogP contribution < -0.4 is 0 Å². The highest BCUT2D eigenvalue weighted by Gasteiger charge is 2.30. The molecule has 5 heteroatoms. The molecule has 0 aliphatic rings. The summed E-state index contributed by atoms with van der Waals surface area (Å²) in [6, 6.07) is 6.76. The van der Waals surface area contributed by atoms with Crippen molar-refractivity contribution in [1.29, 1.82) is 0 Å². The third-order valence-corrected chi connectivity index (χ3v) is 3.17. The van der Waals surface area contributed by atoms with Crippen LogP contribution in [0.2, 0.25) is 0 Å². The van der Waals surface area contributed by atoms with Gasteiger partial charge >= 0.3 is 0 Å². The number of rotatable bonds is 2. The molecule has 0 radical (unpaired) electrons. The molecule has 18 heavy (non-hydrogen) atoms. The molecule has 2 nitrogen and oxygen atoms in total. The summed E-state index contributed by atoms with van der Waals surface area (Å²) in [5.74, 6) is -1.06. The second-order valence-electron chi connectivity index (χ2n) is 4.06. The van der Waals surface area contributed by atoms with Crippen molar-refractivity contribution < 1.29 is 13.9 Å². The van der Waals surface area contributed by atoms with Crippen molar-refractivity contribution in [2.24, 2.45) is 0 Å². The minimum Gasteiger partial charge on any atom is -0.379 e. The Hall–Kier alpha value is -1.33. The van der Waals surface area contributed by atoms with Crippen molar-refractivity contribution in [3.8, 4) is 0 Å². The Kier molecular flexibility index (Phi) is 3.45. The molecule has 0 saturated carbocycles. The van der Waals surface area contributed by atoms with Gasteiger partial charge in [0.15, 0.2) is 0 Å². The number of benzene rings is 1. The predicted molar refractivity (Wildman–Crippen MR) is 67.0 cm³/mol. The summed E-state index contributed by atoms with van der Waals surface area (Å²) in [5.41, 5.74) is -1.36. The van der Waals surface area contributed by atoms with E-state index in [9.17, 15) is 13.9 Å². The van der Waals surface area contributed by atoms with E-state index >= 15 is 0 Å². The highest BCUT2D eigenvalue weighted by Crippen LogP contribution is 2.31. The highest BCUT2D eigenvalue weighted by molar-refractivity contribution is 9.10. The van der Waals surface area contributed by atoms with Gasteiger partial charge in [-0.2, -0.15) is 0 Å². The Morgan fingerprint density at radius 2 is 1.94 bits per heavy atom. The smallest absolute Gasteiger partial charge is 0.141 e. The van der Waals surface area contributed by atoms with Crippen molar-refractivity contribution >= 4 is 15.9 Å². The molecular weight excluding hydrogens is 304 g/mol. The molecule has 1 aromatic heterocycles. The number of aromatic nitrogens is 1. The fraction of sp³-hybridized carbons (Fsp3) is 0.154. The fourth-order valence-corrected chi connectivity index (χ4v) is 2.03. The van der Waals surface area contributed by atoms with Gasteiger partial charge in [-0.1, -0.05) is 15.9 Å². The first-order valence-electron chi connectivity index (χ1n) is 5.21. The van der Waals surface area contributed by atoms with Crippen molar-refractivity contribution in [3.63, 3.8) is 0 Å². The predicted octanol–water partition coefficient (Wildman–Crippen LogP) is 3.38. The van der Waals surface area contributed by atoms with E-state index in [0.717, 1.165) is 6.20 Å². The molecule has 0 bridgehead atoms. The van der Waals surface area contributed by atoms with Gasteiger partial charge in [0.05, 0.1) is 11.9 Å². The molecule has 0 fully saturated rings. The number of nitrogens with zero attached hydrogens (tertiary/aromatic N) is 1. The molecule has 2 rings (SSSR count). The zero-order valence-electron chi connectivity index (χ0n) is 9.49. The number of hydrogen-bond donors (Lipinski definition) is 1. The van der Waals surface area contributed by atoms with E-state index in [1.807, 2.05) is 0 Å². The van der Waals surface area contributed by atoms with E-state index in [2.05, 4.69) is 20.9 Å². The third-order valence-electron chi connectivity index (χ3n) is 2.68. The van der Waals surface area contributed by atoms with Gasteiger partial charge in [0.2, 0.25) is 0 Å². The molecule has 0 spiro atoms. The van der Waals surface area contributed by atoms with E-state index in [0.29, 0.717) is 4.47 Å². The lowest BCUT2D eigenvalue weighted by Crippen LogP contribution is -2.25. The summed E-state index contributed by atoms with van der Waals surface area (Å²) in [6.07, 6.45) is 0.986. The van der Waals surface area contributed by atoms with E-state index in [4.69, 9.17) is 0 Å². The minimum atomic E-state index is -1.62. The van der Waals surface area contributed by atoms with Gasteiger partial charge in [0.1, 0.15) is 17.2 Å². The van der Waals surface area contributed by atoms with Crippen LogP contribution in [0.25, 0.3) is 0 Å². The summed E-state index contributed by atoms with van der Waals surface area (Å²) < 4.78 is 27.2. The number of aliphatic hydroxyl groups is 1. The second-order valence-corrected chi connectivity index (χ2v) is 4.97. The average Bonchev–Trinajstić information content (AvgIpc) is 2.32. The van der Waals surface area contributed by atoms with E-state index < -0.39 is 17.2 Å². The van der Waals surface area contributed by atoms with Gasteiger partial charge in [-0.3, -0.25) is 4.98 Å². The number of hydrogen-bond acceptors (Lipinski definition) is 2. The van der Waals surface area contributed by atoms with Crippen LogP contribution in [0.3, 0.4) is 0 Å². The minimum absolute atomic E-state index is 0.0796. The molecule has 1 N–H and O–H groups in total.